The average Bonchev–Trinajstić information content (AvgIpc) is 2.34. The third kappa shape index (κ3) is 3.51. The zero-order valence-electron chi connectivity index (χ0n) is 9.75. The van der Waals surface area contributed by atoms with Crippen molar-refractivity contribution in [3.63, 3.8) is 0 Å². The number of carbonyl (C=O) groups is 1. The molecule has 0 saturated heterocycles. The van der Waals surface area contributed by atoms with Crippen molar-refractivity contribution in [1.29, 1.82) is 0 Å². The molecule has 98 valence electrons. The molecule has 3 nitrogen and oxygen atoms in total. The first-order valence-electron chi connectivity index (χ1n) is 4.89. The zero-order valence-corrected chi connectivity index (χ0v) is 9.75. The highest BCUT2D eigenvalue weighted by Crippen LogP contribution is 2.26. The van der Waals surface area contributed by atoms with Gasteiger partial charge in [0.05, 0.1) is 14.2 Å². The summed E-state index contributed by atoms with van der Waals surface area (Å²) in [5, 5.41) is 0. The Balaban J connectivity index is 3.02. The molecule has 0 unspecified atom stereocenters. The van der Waals surface area contributed by atoms with E-state index in [9.17, 15) is 18.0 Å². The van der Waals surface area contributed by atoms with Gasteiger partial charge in [0.15, 0.2) is 0 Å². The van der Waals surface area contributed by atoms with Crippen molar-refractivity contribution in [3.05, 3.63) is 29.8 Å². The first-order valence-corrected chi connectivity index (χ1v) is 4.89. The molecule has 6 heteroatoms. The minimum atomic E-state index is -4.87. The number of allylic oxidation sites excluding steroid dienone is 1. The molecule has 0 aromatic heterocycles. The van der Waals surface area contributed by atoms with Crippen molar-refractivity contribution >= 4 is 11.9 Å². The molecule has 1 aromatic carbocycles. The summed E-state index contributed by atoms with van der Waals surface area (Å²) in [5.74, 6) is -1.12. The van der Waals surface area contributed by atoms with E-state index in [-0.39, 0.29) is 0 Å². The lowest BCUT2D eigenvalue weighted by atomic mass is 10.1. The molecule has 18 heavy (non-hydrogen) atoms. The number of carbonyl (C=O) groups excluding carboxylic acids is 1. The molecule has 0 amide bonds. The van der Waals surface area contributed by atoms with E-state index in [2.05, 4.69) is 0 Å². The Morgan fingerprint density at radius 3 is 2.39 bits per heavy atom. The van der Waals surface area contributed by atoms with Crippen LogP contribution in [0.2, 0.25) is 0 Å². The topological polar surface area (TPSA) is 35.5 Å². The summed E-state index contributed by atoms with van der Waals surface area (Å²) in [6.45, 7) is 0. The van der Waals surface area contributed by atoms with E-state index in [1.54, 1.807) is 6.07 Å². The summed E-state index contributed by atoms with van der Waals surface area (Å²) in [7, 11) is 2.81. The molecule has 0 aliphatic heterocycles. The van der Waals surface area contributed by atoms with Crippen LogP contribution in [0.4, 0.5) is 13.2 Å². The Bertz CT molecular complexity index is 464. The van der Waals surface area contributed by atoms with Gasteiger partial charge in [0, 0.05) is 5.56 Å². The van der Waals surface area contributed by atoms with Crippen LogP contribution >= 0.6 is 0 Å². The van der Waals surface area contributed by atoms with Gasteiger partial charge < -0.3 is 9.47 Å². The van der Waals surface area contributed by atoms with Crippen molar-refractivity contribution in [2.75, 3.05) is 14.2 Å². The number of ether oxygens (including phenoxy) is 2. The molecule has 0 saturated carbocycles. The standard InChI is InChI=1S/C12H11F3O3/c1-17-9-4-5-10(18-2)8(7-9)3-6-11(16)12(13,14)15/h3-7H,1-2H3. The average molecular weight is 260 g/mol. The molecule has 0 bridgehead atoms. The number of halogens is 3. The van der Waals surface area contributed by atoms with Crippen LogP contribution in [0.15, 0.2) is 24.3 Å². The molecule has 0 atom stereocenters. The largest absolute Gasteiger partial charge is 0.497 e. The van der Waals surface area contributed by atoms with Gasteiger partial charge in [-0.25, -0.2) is 0 Å². The van der Waals surface area contributed by atoms with Crippen molar-refractivity contribution in [1.82, 2.24) is 0 Å². The Morgan fingerprint density at radius 2 is 1.89 bits per heavy atom. The second kappa shape index (κ2) is 5.57. The van der Waals surface area contributed by atoms with Crippen molar-refractivity contribution in [3.8, 4) is 11.5 Å². The fourth-order valence-electron chi connectivity index (χ4n) is 1.23. The molecular formula is C12H11F3O3. The molecule has 1 aromatic rings. The second-order valence-corrected chi connectivity index (χ2v) is 3.30. The molecule has 0 aliphatic carbocycles. The van der Waals surface area contributed by atoms with E-state index in [1.807, 2.05) is 0 Å². The van der Waals surface area contributed by atoms with Crippen molar-refractivity contribution in [2.45, 2.75) is 6.18 Å². The minimum Gasteiger partial charge on any atom is -0.497 e. The third-order valence-corrected chi connectivity index (χ3v) is 2.13. The Kier molecular flexibility index (Phi) is 4.36. The van der Waals surface area contributed by atoms with Gasteiger partial charge in [-0.3, -0.25) is 4.79 Å². The van der Waals surface area contributed by atoms with Gasteiger partial charge >= 0.3 is 6.18 Å². The minimum absolute atomic E-state index is 0.328. The fourth-order valence-corrected chi connectivity index (χ4v) is 1.23. The molecule has 1 rings (SSSR count). The van der Waals surface area contributed by atoms with Crippen LogP contribution in [-0.2, 0) is 4.79 Å². The van der Waals surface area contributed by atoms with E-state index in [4.69, 9.17) is 9.47 Å². The SMILES string of the molecule is COc1ccc(OC)c(C=CC(=O)C(F)(F)F)c1. The highest BCUT2D eigenvalue weighted by atomic mass is 19.4. The van der Waals surface area contributed by atoms with Crippen molar-refractivity contribution in [2.24, 2.45) is 0 Å². The highest BCUT2D eigenvalue weighted by molar-refractivity contribution is 5.98. The lowest BCUT2D eigenvalue weighted by molar-refractivity contribution is -0.165. The van der Waals surface area contributed by atoms with E-state index in [0.717, 1.165) is 6.08 Å². The van der Waals surface area contributed by atoms with E-state index < -0.39 is 12.0 Å². The summed E-state index contributed by atoms with van der Waals surface area (Å²) in [5.41, 5.74) is 0.328. The third-order valence-electron chi connectivity index (χ3n) is 2.13. The van der Waals surface area contributed by atoms with Crippen molar-refractivity contribution < 1.29 is 27.4 Å². The number of hydrogen-bond donors (Lipinski definition) is 0. The zero-order chi connectivity index (χ0) is 13.8. The number of rotatable bonds is 4. The van der Waals surface area contributed by atoms with Gasteiger partial charge in [0.25, 0.3) is 5.78 Å². The molecule has 0 radical (unpaired) electrons. The maximum atomic E-state index is 12.0. The lowest BCUT2D eigenvalue weighted by Crippen LogP contribution is -2.19. The number of alkyl halides is 3. The van der Waals surface area contributed by atoms with Crippen LogP contribution in [0.3, 0.4) is 0 Å². The van der Waals surface area contributed by atoms with Gasteiger partial charge in [-0.05, 0) is 30.4 Å². The van der Waals surface area contributed by atoms with E-state index in [0.29, 0.717) is 23.1 Å². The number of ketones is 1. The number of hydrogen-bond acceptors (Lipinski definition) is 3. The van der Waals surface area contributed by atoms with Crippen LogP contribution in [-0.4, -0.2) is 26.2 Å². The Hall–Kier alpha value is -1.98. The quantitative estimate of drug-likeness (QED) is 0.781. The molecule has 0 heterocycles. The molecule has 0 aliphatic rings. The van der Waals surface area contributed by atoms with E-state index >= 15 is 0 Å². The predicted octanol–water partition coefficient (Wildman–Crippen LogP) is 2.85. The first-order chi connectivity index (χ1) is 8.38. The highest BCUT2D eigenvalue weighted by Gasteiger charge is 2.36. The maximum absolute atomic E-state index is 12.0. The molecule has 0 fully saturated rings. The van der Waals surface area contributed by atoms with Gasteiger partial charge in [0.1, 0.15) is 11.5 Å². The van der Waals surface area contributed by atoms with Gasteiger partial charge in [-0.1, -0.05) is 0 Å². The summed E-state index contributed by atoms with van der Waals surface area (Å²) < 4.78 is 46.0. The smallest absolute Gasteiger partial charge is 0.454 e. The maximum Gasteiger partial charge on any atom is 0.454 e. The van der Waals surface area contributed by atoms with Gasteiger partial charge in [-0.15, -0.1) is 0 Å². The van der Waals surface area contributed by atoms with Gasteiger partial charge in [0.2, 0.25) is 0 Å². The van der Waals surface area contributed by atoms with Gasteiger partial charge in [-0.2, -0.15) is 13.2 Å². The first kappa shape index (κ1) is 14.1. The van der Waals surface area contributed by atoms with E-state index in [1.165, 1.54) is 26.4 Å². The summed E-state index contributed by atoms with van der Waals surface area (Å²) in [6.07, 6.45) is -3.38. The summed E-state index contributed by atoms with van der Waals surface area (Å²) >= 11 is 0. The second-order valence-electron chi connectivity index (χ2n) is 3.30. The number of methoxy groups -OCH3 is 2. The Morgan fingerprint density at radius 1 is 1.22 bits per heavy atom. The van der Waals surface area contributed by atoms with Crippen LogP contribution < -0.4 is 9.47 Å². The normalized spacial score (nSPS) is 11.6. The lowest BCUT2D eigenvalue weighted by Gasteiger charge is -2.07. The van der Waals surface area contributed by atoms with Crippen LogP contribution in [0.25, 0.3) is 6.08 Å². The Labute approximate surface area is 102 Å². The molecule has 0 N–H and O–H groups in total. The number of benzene rings is 1. The fraction of sp³-hybridized carbons (Fsp3) is 0.250. The van der Waals surface area contributed by atoms with Crippen LogP contribution in [0, 0.1) is 0 Å². The monoisotopic (exact) mass is 260 g/mol. The van der Waals surface area contributed by atoms with Crippen LogP contribution in [0.1, 0.15) is 5.56 Å². The predicted molar refractivity (Wildman–Crippen MR) is 59.6 cm³/mol. The van der Waals surface area contributed by atoms with Crippen LogP contribution in [0.5, 0.6) is 11.5 Å². The molecule has 0 spiro atoms. The molecular weight excluding hydrogens is 249 g/mol. The summed E-state index contributed by atoms with van der Waals surface area (Å²) in [4.78, 5) is 10.7. The summed E-state index contributed by atoms with van der Waals surface area (Å²) in [6, 6.07) is 4.61.